The van der Waals surface area contributed by atoms with Crippen LogP contribution in [0.25, 0.3) is 0 Å². The Bertz CT molecular complexity index is 1570. The lowest BCUT2D eigenvalue weighted by Gasteiger charge is -2.48. The maximum atomic E-state index is 14.3. The molecule has 13 nitrogen and oxygen atoms in total. The van der Waals surface area contributed by atoms with Crippen LogP contribution in [0.5, 0.6) is 0 Å². The van der Waals surface area contributed by atoms with E-state index in [9.17, 15) is 24.3 Å². The van der Waals surface area contributed by atoms with Crippen LogP contribution in [-0.4, -0.2) is 89.4 Å². The van der Waals surface area contributed by atoms with E-state index in [1.807, 2.05) is 24.3 Å². The molecule has 258 valence electrons. The topological polar surface area (TPSA) is 162 Å². The fourth-order valence-corrected chi connectivity index (χ4v) is 7.59. The van der Waals surface area contributed by atoms with E-state index in [4.69, 9.17) is 23.8 Å². The van der Waals surface area contributed by atoms with Gasteiger partial charge in [0.15, 0.2) is 6.04 Å². The van der Waals surface area contributed by atoms with E-state index in [-0.39, 0.29) is 51.7 Å². The average molecular weight is 778 g/mol. The van der Waals surface area contributed by atoms with E-state index < -0.39 is 65.4 Å². The Morgan fingerprint density at radius 3 is 2.60 bits per heavy atom. The van der Waals surface area contributed by atoms with E-state index in [1.165, 1.54) is 0 Å². The summed E-state index contributed by atoms with van der Waals surface area (Å²) in [6.45, 7) is 5.31. The second-order valence-corrected chi connectivity index (χ2v) is 14.8. The number of hydrogen-bond acceptors (Lipinski definition) is 11. The maximum Gasteiger partial charge on any atom is 0.327 e. The lowest BCUT2D eigenvalue weighted by Crippen LogP contribution is -2.69. The normalized spacial score (nSPS) is 28.3. The van der Waals surface area contributed by atoms with Crippen molar-refractivity contribution in [3.63, 3.8) is 0 Å². The van der Waals surface area contributed by atoms with Crippen molar-refractivity contribution in [1.29, 1.82) is 0 Å². The van der Waals surface area contributed by atoms with Crippen LogP contribution in [0.15, 0.2) is 48.5 Å². The number of hydrogen-bond donors (Lipinski definition) is 3. The van der Waals surface area contributed by atoms with E-state index in [0.29, 0.717) is 11.1 Å². The molecule has 7 unspecified atom stereocenters. The van der Waals surface area contributed by atoms with Gasteiger partial charge in [-0.25, -0.2) is 0 Å². The SMILES string of the molecule is CC(C)(C)OC(=O)CCC(CO)NC(=O)c1cccc(CNC(=O)C23CC4OC(=O)C2N(Cc2cccc(I)c2)OC3C2OCOC42)c1. The summed E-state index contributed by atoms with van der Waals surface area (Å²) >= 11 is 2.22. The van der Waals surface area contributed by atoms with E-state index >= 15 is 0 Å². The Balaban J connectivity index is 1.15. The van der Waals surface area contributed by atoms with Gasteiger partial charge in [0.2, 0.25) is 5.91 Å². The highest BCUT2D eigenvalue weighted by Gasteiger charge is 2.74. The first kappa shape index (κ1) is 34.7. The van der Waals surface area contributed by atoms with Gasteiger partial charge in [-0.05, 0) is 85.2 Å². The number of fused-ring (bicyclic) bond motifs is 4. The Kier molecular flexibility index (Phi) is 10.1. The number of aliphatic hydroxyl groups is 1. The Labute approximate surface area is 292 Å². The number of benzene rings is 2. The zero-order valence-corrected chi connectivity index (χ0v) is 29.1. The number of nitrogens with one attached hydrogen (secondary N) is 2. The molecule has 0 spiro atoms. The standard InChI is InChI=1S/C34H40IN3O10/c1-33(2,3)47-25(40)11-10-23(17-39)37-30(41)21-8-4-6-19(12-21)15-36-32(43)34-14-24-26-27(45-18-44-26)29(34)48-38(28(34)31(42)46-24)16-20-7-5-9-22(35)13-20/h4-9,12-13,23-24,26-29,39H,10-11,14-18H2,1-3H3,(H,36,43)(H,37,41). The minimum absolute atomic E-state index is 0.00941. The number of aliphatic hydroxyl groups excluding tert-OH is 1. The Morgan fingerprint density at radius 1 is 1.10 bits per heavy atom. The van der Waals surface area contributed by atoms with Crippen molar-refractivity contribution in [3.05, 3.63) is 68.8 Å². The van der Waals surface area contributed by atoms with Gasteiger partial charge in [0, 0.05) is 28.5 Å². The summed E-state index contributed by atoms with van der Waals surface area (Å²) in [7, 11) is 0. The molecule has 3 aliphatic heterocycles. The van der Waals surface area contributed by atoms with Crippen molar-refractivity contribution in [3.8, 4) is 0 Å². The summed E-state index contributed by atoms with van der Waals surface area (Å²) in [6, 6.07) is 12.9. The summed E-state index contributed by atoms with van der Waals surface area (Å²) in [5, 5.41) is 17.1. The number of esters is 2. The molecule has 48 heavy (non-hydrogen) atoms. The van der Waals surface area contributed by atoms with Crippen molar-refractivity contribution in [1.82, 2.24) is 15.7 Å². The second-order valence-electron chi connectivity index (χ2n) is 13.6. The minimum Gasteiger partial charge on any atom is -0.460 e. The first-order valence-electron chi connectivity index (χ1n) is 16.0. The summed E-state index contributed by atoms with van der Waals surface area (Å²) < 4.78 is 23.9. The molecule has 3 N–H and O–H groups in total. The number of ether oxygens (including phenoxy) is 4. The molecule has 0 aromatic heterocycles. The van der Waals surface area contributed by atoms with Crippen molar-refractivity contribution in [2.45, 2.75) is 95.2 Å². The molecule has 2 aromatic rings. The molecule has 3 heterocycles. The molecule has 2 amide bonds. The lowest BCUT2D eigenvalue weighted by atomic mass is 9.62. The number of nitrogens with zero attached hydrogens (tertiary/aromatic N) is 1. The van der Waals surface area contributed by atoms with E-state index in [2.05, 4.69) is 33.2 Å². The Morgan fingerprint density at radius 2 is 1.85 bits per heavy atom. The molecular formula is C34H40IN3O10. The zero-order chi connectivity index (χ0) is 34.2. The van der Waals surface area contributed by atoms with Gasteiger partial charge in [-0.1, -0.05) is 24.3 Å². The van der Waals surface area contributed by atoms with Crippen molar-refractivity contribution in [2.75, 3.05) is 13.4 Å². The third kappa shape index (κ3) is 7.09. The number of rotatable bonds is 11. The van der Waals surface area contributed by atoms with Crippen LogP contribution in [0.1, 0.15) is 61.5 Å². The molecule has 4 aliphatic rings. The molecule has 1 saturated carbocycles. The van der Waals surface area contributed by atoms with Gasteiger partial charge in [0.1, 0.15) is 42.2 Å². The molecule has 2 aromatic carbocycles. The quantitative estimate of drug-likeness (QED) is 0.227. The van der Waals surface area contributed by atoms with Gasteiger partial charge in [-0.15, -0.1) is 0 Å². The monoisotopic (exact) mass is 777 g/mol. The first-order chi connectivity index (χ1) is 22.9. The van der Waals surface area contributed by atoms with Gasteiger partial charge in [-0.2, -0.15) is 5.06 Å². The molecule has 14 heteroatoms. The summed E-state index contributed by atoms with van der Waals surface area (Å²) in [6.07, 6.45) is -2.13. The van der Waals surface area contributed by atoms with Gasteiger partial charge in [0.05, 0.1) is 19.2 Å². The number of carbonyl (C=O) groups is 4. The maximum absolute atomic E-state index is 14.3. The summed E-state index contributed by atoms with van der Waals surface area (Å²) in [5.74, 6) is -1.78. The van der Waals surface area contributed by atoms with Gasteiger partial charge < -0.3 is 34.7 Å². The molecule has 6 rings (SSSR count). The molecule has 0 radical (unpaired) electrons. The molecule has 7 atom stereocenters. The molecule has 4 fully saturated rings. The second kappa shape index (κ2) is 14.0. The van der Waals surface area contributed by atoms with E-state index in [0.717, 1.165) is 9.13 Å². The van der Waals surface area contributed by atoms with Crippen LogP contribution < -0.4 is 10.6 Å². The average Bonchev–Trinajstić information content (AvgIpc) is 3.66. The van der Waals surface area contributed by atoms with Crippen LogP contribution >= 0.6 is 22.6 Å². The number of hydroxylamine groups is 2. The highest BCUT2D eigenvalue weighted by molar-refractivity contribution is 14.1. The van der Waals surface area contributed by atoms with Gasteiger partial charge in [-0.3, -0.25) is 24.0 Å². The molecule has 3 saturated heterocycles. The fraction of sp³-hybridized carbons (Fsp3) is 0.529. The largest absolute Gasteiger partial charge is 0.460 e. The van der Waals surface area contributed by atoms with Crippen LogP contribution in [0.2, 0.25) is 0 Å². The smallest absolute Gasteiger partial charge is 0.327 e. The lowest BCUT2D eigenvalue weighted by molar-refractivity contribution is -0.201. The highest BCUT2D eigenvalue weighted by atomic mass is 127. The Hall–Kier alpha value is -3.15. The van der Waals surface area contributed by atoms with Crippen molar-refractivity contribution < 1.29 is 48.1 Å². The highest BCUT2D eigenvalue weighted by Crippen LogP contribution is 2.55. The van der Waals surface area contributed by atoms with Crippen molar-refractivity contribution >= 4 is 46.3 Å². The predicted octanol–water partition coefficient (Wildman–Crippen LogP) is 2.36. The molecule has 1 aliphatic carbocycles. The summed E-state index contributed by atoms with van der Waals surface area (Å²) in [4.78, 5) is 59.5. The van der Waals surface area contributed by atoms with Crippen LogP contribution in [0.4, 0.5) is 0 Å². The number of amides is 2. The number of halogens is 1. The van der Waals surface area contributed by atoms with Crippen LogP contribution in [0.3, 0.4) is 0 Å². The third-order valence-electron chi connectivity index (χ3n) is 9.04. The molecule has 2 bridgehead atoms. The third-order valence-corrected chi connectivity index (χ3v) is 9.71. The van der Waals surface area contributed by atoms with Crippen LogP contribution in [-0.2, 0) is 51.3 Å². The molecular weight excluding hydrogens is 737 g/mol. The minimum atomic E-state index is -1.30. The summed E-state index contributed by atoms with van der Waals surface area (Å²) in [5.41, 5.74) is -0.0447. The van der Waals surface area contributed by atoms with E-state index in [1.54, 1.807) is 50.1 Å². The number of carbonyl (C=O) groups excluding carboxylic acids is 4. The predicted molar refractivity (Wildman–Crippen MR) is 177 cm³/mol. The van der Waals surface area contributed by atoms with Crippen LogP contribution in [0, 0.1) is 8.99 Å². The van der Waals surface area contributed by atoms with Gasteiger partial charge >= 0.3 is 11.9 Å². The first-order valence-corrected chi connectivity index (χ1v) is 17.1. The fourth-order valence-electron chi connectivity index (χ4n) is 6.98. The zero-order valence-electron chi connectivity index (χ0n) is 27.0. The van der Waals surface area contributed by atoms with Gasteiger partial charge in [0.25, 0.3) is 5.91 Å². The van der Waals surface area contributed by atoms with Crippen molar-refractivity contribution in [2.24, 2.45) is 5.41 Å².